The maximum Gasteiger partial charge on any atom is 0.264 e. The minimum absolute atomic E-state index is 0.137. The van der Waals surface area contributed by atoms with Crippen molar-refractivity contribution in [2.24, 2.45) is 0 Å². The summed E-state index contributed by atoms with van der Waals surface area (Å²) in [5, 5.41) is 8.67. The van der Waals surface area contributed by atoms with E-state index in [0.717, 1.165) is 42.0 Å². The minimum Gasteiger partial charge on any atom is -0.384 e. The van der Waals surface area contributed by atoms with Crippen LogP contribution in [0.1, 0.15) is 47.2 Å². The first kappa shape index (κ1) is 14.1. The van der Waals surface area contributed by atoms with Gasteiger partial charge in [0.15, 0.2) is 0 Å². The van der Waals surface area contributed by atoms with Crippen molar-refractivity contribution in [3.63, 3.8) is 0 Å². The number of hydrogen-bond donors (Lipinski definition) is 1. The average molecular weight is 277 g/mol. The summed E-state index contributed by atoms with van der Waals surface area (Å²) in [7, 11) is 0. The standard InChI is InChI=1S/C15H19NO2S/c1-2-3-10-16(12-6-7-12)15(18)14-9-8-13(19-14)5-4-11-17/h8-9,12,17H,2-3,6-7,10-11H2,1H3. The van der Waals surface area contributed by atoms with Crippen LogP contribution >= 0.6 is 11.3 Å². The Morgan fingerprint density at radius 2 is 2.32 bits per heavy atom. The van der Waals surface area contributed by atoms with Gasteiger partial charge in [0.1, 0.15) is 6.61 Å². The number of carbonyl (C=O) groups is 1. The van der Waals surface area contributed by atoms with E-state index in [1.54, 1.807) is 0 Å². The zero-order valence-electron chi connectivity index (χ0n) is 11.2. The van der Waals surface area contributed by atoms with Crippen molar-refractivity contribution in [1.82, 2.24) is 4.90 Å². The SMILES string of the molecule is CCCCN(C(=O)c1ccc(C#CCO)s1)C1CC1. The topological polar surface area (TPSA) is 40.5 Å². The van der Waals surface area contributed by atoms with Gasteiger partial charge in [-0.05, 0) is 31.4 Å². The molecule has 0 aliphatic heterocycles. The van der Waals surface area contributed by atoms with Gasteiger partial charge in [-0.25, -0.2) is 0 Å². The predicted octanol–water partition coefficient (Wildman–Crippen LogP) is 2.50. The molecule has 1 heterocycles. The molecule has 1 aliphatic carbocycles. The van der Waals surface area contributed by atoms with Gasteiger partial charge in [0, 0.05) is 12.6 Å². The molecule has 0 bridgehead atoms. The maximum absolute atomic E-state index is 12.5. The van der Waals surface area contributed by atoms with Gasteiger partial charge in [-0.1, -0.05) is 25.2 Å². The lowest BCUT2D eigenvalue weighted by Gasteiger charge is -2.21. The van der Waals surface area contributed by atoms with Crippen LogP contribution in [-0.2, 0) is 0 Å². The largest absolute Gasteiger partial charge is 0.384 e. The van der Waals surface area contributed by atoms with Gasteiger partial charge in [0.05, 0.1) is 9.75 Å². The summed E-state index contributed by atoms with van der Waals surface area (Å²) in [6, 6.07) is 4.15. The smallest absolute Gasteiger partial charge is 0.264 e. The fourth-order valence-corrected chi connectivity index (χ4v) is 2.79. The van der Waals surface area contributed by atoms with Crippen molar-refractivity contribution < 1.29 is 9.90 Å². The van der Waals surface area contributed by atoms with Crippen LogP contribution in [-0.4, -0.2) is 35.1 Å². The van der Waals surface area contributed by atoms with Crippen molar-refractivity contribution in [3.8, 4) is 11.8 Å². The van der Waals surface area contributed by atoms with Crippen LogP contribution < -0.4 is 0 Å². The van der Waals surface area contributed by atoms with E-state index < -0.39 is 0 Å². The first-order valence-electron chi connectivity index (χ1n) is 6.76. The summed E-state index contributed by atoms with van der Waals surface area (Å²) in [6.45, 7) is 2.85. The van der Waals surface area contributed by atoms with Gasteiger partial charge < -0.3 is 10.0 Å². The Morgan fingerprint density at radius 1 is 1.53 bits per heavy atom. The summed E-state index contributed by atoms with van der Waals surface area (Å²) in [6.07, 6.45) is 4.44. The predicted molar refractivity (Wildman–Crippen MR) is 77.2 cm³/mol. The number of carbonyl (C=O) groups excluding carboxylic acids is 1. The highest BCUT2D eigenvalue weighted by Crippen LogP contribution is 2.30. The van der Waals surface area contributed by atoms with Crippen LogP contribution in [0.3, 0.4) is 0 Å². The summed E-state index contributed by atoms with van der Waals surface area (Å²) < 4.78 is 0. The second-order valence-corrected chi connectivity index (χ2v) is 5.79. The molecule has 1 aliphatic rings. The summed E-state index contributed by atoms with van der Waals surface area (Å²) >= 11 is 1.41. The number of aliphatic hydroxyl groups excluding tert-OH is 1. The molecule has 0 spiro atoms. The number of aliphatic hydroxyl groups is 1. The minimum atomic E-state index is -0.147. The Kier molecular flexibility index (Phi) is 5.00. The molecule has 102 valence electrons. The third-order valence-electron chi connectivity index (χ3n) is 3.11. The molecule has 0 atom stereocenters. The molecule has 1 saturated carbocycles. The van der Waals surface area contributed by atoms with E-state index in [0.29, 0.717) is 6.04 Å². The molecular weight excluding hydrogens is 258 g/mol. The van der Waals surface area contributed by atoms with E-state index in [4.69, 9.17) is 5.11 Å². The number of rotatable bonds is 5. The maximum atomic E-state index is 12.5. The number of hydrogen-bond acceptors (Lipinski definition) is 3. The summed E-state index contributed by atoms with van der Waals surface area (Å²) in [5.41, 5.74) is 0. The highest BCUT2D eigenvalue weighted by Gasteiger charge is 2.32. The Hall–Kier alpha value is -1.31. The van der Waals surface area contributed by atoms with Crippen LogP contribution in [0, 0.1) is 11.8 Å². The first-order chi connectivity index (χ1) is 9.26. The Morgan fingerprint density at radius 3 is 2.95 bits per heavy atom. The van der Waals surface area contributed by atoms with Gasteiger partial charge in [-0.15, -0.1) is 11.3 Å². The fourth-order valence-electron chi connectivity index (χ4n) is 1.95. The van der Waals surface area contributed by atoms with Crippen molar-refractivity contribution in [3.05, 3.63) is 21.9 Å². The van der Waals surface area contributed by atoms with E-state index in [-0.39, 0.29) is 12.5 Å². The van der Waals surface area contributed by atoms with Gasteiger partial charge in [-0.3, -0.25) is 4.79 Å². The van der Waals surface area contributed by atoms with Crippen molar-refractivity contribution in [1.29, 1.82) is 0 Å². The second-order valence-electron chi connectivity index (χ2n) is 4.71. The zero-order chi connectivity index (χ0) is 13.7. The molecule has 0 aromatic carbocycles. The Labute approximate surface area is 118 Å². The third kappa shape index (κ3) is 3.82. The average Bonchev–Trinajstić information content (AvgIpc) is 3.14. The number of unbranched alkanes of at least 4 members (excludes halogenated alkanes) is 1. The molecule has 0 radical (unpaired) electrons. The number of nitrogens with zero attached hydrogens (tertiary/aromatic N) is 1. The second kappa shape index (κ2) is 6.74. The van der Waals surface area contributed by atoms with E-state index in [9.17, 15) is 4.79 Å². The molecule has 4 heteroatoms. The normalized spacial score (nSPS) is 13.8. The molecule has 0 unspecified atom stereocenters. The Bertz CT molecular complexity index is 494. The van der Waals surface area contributed by atoms with Crippen LogP contribution in [0.15, 0.2) is 12.1 Å². The monoisotopic (exact) mass is 277 g/mol. The van der Waals surface area contributed by atoms with Crippen molar-refractivity contribution in [2.45, 2.75) is 38.6 Å². The van der Waals surface area contributed by atoms with E-state index >= 15 is 0 Å². The molecular formula is C15H19NO2S. The van der Waals surface area contributed by atoms with Crippen LogP contribution in [0.5, 0.6) is 0 Å². The Balaban J connectivity index is 2.06. The molecule has 1 amide bonds. The number of amides is 1. The van der Waals surface area contributed by atoms with E-state index in [2.05, 4.69) is 18.8 Å². The fraction of sp³-hybridized carbons (Fsp3) is 0.533. The van der Waals surface area contributed by atoms with Crippen molar-refractivity contribution in [2.75, 3.05) is 13.2 Å². The molecule has 0 saturated heterocycles. The molecule has 19 heavy (non-hydrogen) atoms. The summed E-state index contributed by atoms with van der Waals surface area (Å²) in [4.78, 5) is 16.1. The van der Waals surface area contributed by atoms with Gasteiger partial charge >= 0.3 is 0 Å². The molecule has 1 N–H and O–H groups in total. The van der Waals surface area contributed by atoms with E-state index in [1.165, 1.54) is 11.3 Å². The molecule has 1 aromatic heterocycles. The van der Waals surface area contributed by atoms with Gasteiger partial charge in [0.25, 0.3) is 5.91 Å². The van der Waals surface area contributed by atoms with Gasteiger partial charge in [0.2, 0.25) is 0 Å². The lowest BCUT2D eigenvalue weighted by molar-refractivity contribution is 0.0745. The van der Waals surface area contributed by atoms with Crippen LogP contribution in [0.2, 0.25) is 0 Å². The molecule has 3 nitrogen and oxygen atoms in total. The zero-order valence-corrected chi connectivity index (χ0v) is 12.0. The van der Waals surface area contributed by atoms with Crippen LogP contribution in [0.4, 0.5) is 0 Å². The first-order valence-corrected chi connectivity index (χ1v) is 7.58. The van der Waals surface area contributed by atoms with Crippen LogP contribution in [0.25, 0.3) is 0 Å². The quantitative estimate of drug-likeness (QED) is 0.840. The van der Waals surface area contributed by atoms with E-state index in [1.807, 2.05) is 17.0 Å². The number of thiophene rings is 1. The lowest BCUT2D eigenvalue weighted by atomic mass is 10.3. The molecule has 2 rings (SSSR count). The van der Waals surface area contributed by atoms with Crippen molar-refractivity contribution >= 4 is 17.2 Å². The molecule has 1 aromatic rings. The third-order valence-corrected chi connectivity index (χ3v) is 4.10. The highest BCUT2D eigenvalue weighted by atomic mass is 32.1. The lowest BCUT2D eigenvalue weighted by Crippen LogP contribution is -2.33. The summed E-state index contributed by atoms with van der Waals surface area (Å²) in [5.74, 6) is 5.59. The van der Waals surface area contributed by atoms with Gasteiger partial charge in [-0.2, -0.15) is 0 Å². The molecule has 1 fully saturated rings. The highest BCUT2D eigenvalue weighted by molar-refractivity contribution is 7.14.